The van der Waals surface area contributed by atoms with Gasteiger partial charge in [0.15, 0.2) is 0 Å². The molecule has 0 N–H and O–H groups in total. The summed E-state index contributed by atoms with van der Waals surface area (Å²) in [6.07, 6.45) is 1.12. The van der Waals surface area contributed by atoms with Gasteiger partial charge in [-0.2, -0.15) is 0 Å². The lowest BCUT2D eigenvalue weighted by molar-refractivity contribution is 1.15. The molecule has 0 radical (unpaired) electrons. The van der Waals surface area contributed by atoms with Crippen molar-refractivity contribution < 1.29 is 0 Å². The summed E-state index contributed by atoms with van der Waals surface area (Å²) in [5.41, 5.74) is 2.82. The first-order valence-corrected chi connectivity index (χ1v) is 6.43. The molecule has 0 aliphatic heterocycles. The maximum atomic E-state index is 2.40. The minimum Gasteiger partial charge on any atom is -0.0812 e. The predicted octanol–water partition coefficient (Wildman–Crippen LogP) is 4.34. The van der Waals surface area contributed by atoms with Gasteiger partial charge in [-0.3, -0.25) is 0 Å². The number of aryl methyl sites for hydroxylation is 1. The largest absolute Gasteiger partial charge is 0.0812 e. The summed E-state index contributed by atoms with van der Waals surface area (Å²) in [5, 5.41) is 2.72. The third-order valence-electron chi connectivity index (χ3n) is 2.53. The van der Waals surface area contributed by atoms with Crippen LogP contribution >= 0.6 is 22.6 Å². The number of rotatable bonds is 2. The molecule has 0 saturated heterocycles. The van der Waals surface area contributed by atoms with E-state index in [2.05, 4.69) is 65.9 Å². The zero-order valence-electron chi connectivity index (χ0n) is 8.26. The van der Waals surface area contributed by atoms with Gasteiger partial charge in [0, 0.05) is 4.43 Å². The van der Waals surface area contributed by atoms with E-state index in [9.17, 15) is 0 Å². The highest BCUT2D eigenvalue weighted by atomic mass is 127. The number of fused-ring (bicyclic) bond motifs is 1. The Morgan fingerprint density at radius 2 is 1.50 bits per heavy atom. The first kappa shape index (κ1) is 9.97. The van der Waals surface area contributed by atoms with Crippen LogP contribution in [0.5, 0.6) is 0 Å². The van der Waals surface area contributed by atoms with Crippen LogP contribution in [0.3, 0.4) is 0 Å². The van der Waals surface area contributed by atoms with Crippen LogP contribution < -0.4 is 0 Å². The number of alkyl halides is 1. The maximum absolute atomic E-state index is 2.40. The van der Waals surface area contributed by atoms with Gasteiger partial charge in [0.05, 0.1) is 0 Å². The molecular weight excluding hydrogens is 283 g/mol. The summed E-state index contributed by atoms with van der Waals surface area (Å²) in [5.74, 6) is 0. The van der Waals surface area contributed by atoms with E-state index in [1.807, 2.05) is 0 Å². The zero-order valence-corrected chi connectivity index (χ0v) is 10.4. The highest BCUT2D eigenvalue weighted by Gasteiger charge is 1.96. The molecule has 2 aromatic rings. The lowest BCUT2D eigenvalue weighted by atomic mass is 10.0. The fourth-order valence-corrected chi connectivity index (χ4v) is 2.12. The van der Waals surface area contributed by atoms with Crippen molar-refractivity contribution in [3.63, 3.8) is 0 Å². The first-order chi connectivity index (χ1) is 6.83. The number of halogens is 1. The lowest BCUT2D eigenvalue weighted by Crippen LogP contribution is -1.82. The van der Waals surface area contributed by atoms with Gasteiger partial charge in [-0.15, -0.1) is 0 Å². The second-order valence-electron chi connectivity index (χ2n) is 3.50. The van der Waals surface area contributed by atoms with Crippen molar-refractivity contribution in [3.05, 3.63) is 47.5 Å². The highest BCUT2D eigenvalue weighted by molar-refractivity contribution is 14.1. The smallest absolute Gasteiger partial charge is 0.0247 e. The second kappa shape index (κ2) is 4.30. The fraction of sp³-hybridized carbons (Fsp3) is 0.231. The summed E-state index contributed by atoms with van der Waals surface area (Å²) in [7, 11) is 0. The van der Waals surface area contributed by atoms with Crippen LogP contribution in [0.2, 0.25) is 0 Å². The molecule has 0 heterocycles. The van der Waals surface area contributed by atoms with E-state index >= 15 is 0 Å². The van der Waals surface area contributed by atoms with E-state index in [0.29, 0.717) is 0 Å². The standard InChI is InChI=1S/C13H13I/c1-2-10-3-5-13-8-11(9-14)4-6-12(13)7-10/h3-8H,2,9H2,1H3. The third-order valence-corrected chi connectivity index (χ3v) is 3.41. The number of hydrogen-bond acceptors (Lipinski definition) is 0. The molecule has 0 aliphatic rings. The Labute approximate surface area is 98.5 Å². The molecule has 0 nitrogen and oxygen atoms in total. The molecule has 0 unspecified atom stereocenters. The van der Waals surface area contributed by atoms with Gasteiger partial charge in [-0.25, -0.2) is 0 Å². The van der Waals surface area contributed by atoms with Crippen LogP contribution in [0.15, 0.2) is 36.4 Å². The van der Waals surface area contributed by atoms with E-state index in [0.717, 1.165) is 10.8 Å². The topological polar surface area (TPSA) is 0 Å². The molecule has 0 bridgehead atoms. The third kappa shape index (κ3) is 1.92. The van der Waals surface area contributed by atoms with Gasteiger partial charge in [-0.1, -0.05) is 65.9 Å². The van der Waals surface area contributed by atoms with Crippen molar-refractivity contribution in [2.24, 2.45) is 0 Å². The second-order valence-corrected chi connectivity index (χ2v) is 4.27. The molecule has 0 aromatic heterocycles. The van der Waals surface area contributed by atoms with Gasteiger partial charge in [0.1, 0.15) is 0 Å². The first-order valence-electron chi connectivity index (χ1n) is 4.91. The van der Waals surface area contributed by atoms with Crippen molar-refractivity contribution in [3.8, 4) is 0 Å². The van der Waals surface area contributed by atoms with Crippen molar-refractivity contribution >= 4 is 33.4 Å². The van der Waals surface area contributed by atoms with Gasteiger partial charge in [0.25, 0.3) is 0 Å². The number of hydrogen-bond donors (Lipinski definition) is 0. The summed E-state index contributed by atoms with van der Waals surface area (Å²) < 4.78 is 1.09. The van der Waals surface area contributed by atoms with Gasteiger partial charge in [-0.05, 0) is 28.3 Å². The Kier molecular flexibility index (Phi) is 3.06. The summed E-state index contributed by atoms with van der Waals surface area (Å²) in [4.78, 5) is 0. The van der Waals surface area contributed by atoms with Gasteiger partial charge >= 0.3 is 0 Å². The molecule has 0 spiro atoms. The molecule has 0 amide bonds. The van der Waals surface area contributed by atoms with Crippen molar-refractivity contribution in [2.45, 2.75) is 17.8 Å². The minimum atomic E-state index is 1.09. The van der Waals surface area contributed by atoms with Crippen LogP contribution in [0.4, 0.5) is 0 Å². The van der Waals surface area contributed by atoms with Crippen molar-refractivity contribution in [1.29, 1.82) is 0 Å². The molecule has 72 valence electrons. The molecule has 0 aliphatic carbocycles. The van der Waals surface area contributed by atoms with Crippen LogP contribution in [0.25, 0.3) is 10.8 Å². The monoisotopic (exact) mass is 296 g/mol. The molecule has 0 atom stereocenters. The Morgan fingerprint density at radius 3 is 2.07 bits per heavy atom. The van der Waals surface area contributed by atoms with Crippen molar-refractivity contribution in [2.75, 3.05) is 0 Å². The molecule has 0 fully saturated rings. The van der Waals surface area contributed by atoms with Gasteiger partial charge in [0.2, 0.25) is 0 Å². The van der Waals surface area contributed by atoms with Crippen LogP contribution in [0, 0.1) is 0 Å². The van der Waals surface area contributed by atoms with E-state index in [1.54, 1.807) is 0 Å². The zero-order chi connectivity index (χ0) is 9.97. The molecular formula is C13H13I. The molecule has 2 rings (SSSR count). The Hall–Kier alpha value is -0.570. The Morgan fingerprint density at radius 1 is 0.929 bits per heavy atom. The molecule has 2 aromatic carbocycles. The normalized spacial score (nSPS) is 10.7. The van der Waals surface area contributed by atoms with Crippen LogP contribution in [-0.2, 0) is 10.8 Å². The average molecular weight is 296 g/mol. The quantitative estimate of drug-likeness (QED) is 0.571. The van der Waals surface area contributed by atoms with E-state index in [-0.39, 0.29) is 0 Å². The molecule has 1 heteroatoms. The van der Waals surface area contributed by atoms with E-state index in [1.165, 1.54) is 21.9 Å². The average Bonchev–Trinajstić information content (AvgIpc) is 2.27. The Balaban J connectivity index is 2.57. The van der Waals surface area contributed by atoms with Crippen molar-refractivity contribution in [1.82, 2.24) is 0 Å². The van der Waals surface area contributed by atoms with Gasteiger partial charge < -0.3 is 0 Å². The SMILES string of the molecule is CCc1ccc2cc(CI)ccc2c1. The fourth-order valence-electron chi connectivity index (χ4n) is 1.65. The Bertz CT molecular complexity index is 403. The summed E-state index contributed by atoms with van der Waals surface area (Å²) in [6, 6.07) is 13.5. The predicted molar refractivity (Wildman–Crippen MR) is 71.1 cm³/mol. The summed E-state index contributed by atoms with van der Waals surface area (Å²) >= 11 is 2.40. The maximum Gasteiger partial charge on any atom is 0.0247 e. The highest BCUT2D eigenvalue weighted by Crippen LogP contribution is 2.19. The summed E-state index contributed by atoms with van der Waals surface area (Å²) in [6.45, 7) is 2.19. The minimum absolute atomic E-state index is 1.09. The molecule has 14 heavy (non-hydrogen) atoms. The van der Waals surface area contributed by atoms with Crippen LogP contribution in [0.1, 0.15) is 18.1 Å². The van der Waals surface area contributed by atoms with Crippen LogP contribution in [-0.4, -0.2) is 0 Å². The molecule has 0 saturated carbocycles. The lowest BCUT2D eigenvalue weighted by Gasteiger charge is -2.03. The van der Waals surface area contributed by atoms with E-state index in [4.69, 9.17) is 0 Å². The number of benzene rings is 2. The van der Waals surface area contributed by atoms with E-state index < -0.39 is 0 Å².